The minimum Gasteiger partial charge on any atom is -0.497 e. The van der Waals surface area contributed by atoms with Crippen molar-refractivity contribution in [2.45, 2.75) is 13.3 Å². The Bertz CT molecular complexity index is 676. The first-order valence-corrected chi connectivity index (χ1v) is 7.27. The van der Waals surface area contributed by atoms with Crippen molar-refractivity contribution in [2.75, 3.05) is 13.7 Å². The topological polar surface area (TPSA) is 61.8 Å². The molecule has 5 nitrogen and oxygen atoms in total. The van der Waals surface area contributed by atoms with Gasteiger partial charge < -0.3 is 14.2 Å². The van der Waals surface area contributed by atoms with Crippen LogP contribution in [0.1, 0.15) is 34.1 Å². The minimum atomic E-state index is -0.508. The van der Waals surface area contributed by atoms with Crippen LogP contribution in [0.25, 0.3) is 0 Å². The maximum atomic E-state index is 12.1. The molecule has 0 aromatic heterocycles. The van der Waals surface area contributed by atoms with Crippen LogP contribution in [0.5, 0.6) is 11.5 Å². The van der Waals surface area contributed by atoms with E-state index in [2.05, 4.69) is 0 Å². The number of hydrogen-bond donors (Lipinski definition) is 0. The number of methoxy groups -OCH3 is 1. The third kappa shape index (κ3) is 4.57. The predicted molar refractivity (Wildman–Crippen MR) is 85.0 cm³/mol. The summed E-state index contributed by atoms with van der Waals surface area (Å²) in [6.07, 6.45) is 0.761. The molecule has 0 saturated heterocycles. The minimum absolute atomic E-state index is 0.347. The molecule has 2 rings (SSSR count). The van der Waals surface area contributed by atoms with Crippen LogP contribution in [0, 0.1) is 0 Å². The van der Waals surface area contributed by atoms with Gasteiger partial charge in [-0.3, -0.25) is 0 Å². The van der Waals surface area contributed by atoms with E-state index in [4.69, 9.17) is 14.2 Å². The number of benzene rings is 2. The van der Waals surface area contributed by atoms with E-state index in [1.165, 1.54) is 19.2 Å². The molecule has 2 aromatic rings. The summed E-state index contributed by atoms with van der Waals surface area (Å²) in [7, 11) is 1.54. The van der Waals surface area contributed by atoms with Crippen LogP contribution in [0.15, 0.2) is 48.5 Å². The molecule has 0 spiro atoms. The molecule has 0 aliphatic carbocycles. The van der Waals surface area contributed by atoms with Gasteiger partial charge in [-0.15, -0.1) is 0 Å². The number of ether oxygens (including phenoxy) is 3. The van der Waals surface area contributed by atoms with Gasteiger partial charge in [-0.05, 0) is 42.8 Å². The van der Waals surface area contributed by atoms with Gasteiger partial charge in [0.1, 0.15) is 11.5 Å². The lowest BCUT2D eigenvalue weighted by Gasteiger charge is -2.07. The summed E-state index contributed by atoms with van der Waals surface area (Å²) in [5, 5.41) is 0. The van der Waals surface area contributed by atoms with E-state index in [1.807, 2.05) is 6.92 Å². The van der Waals surface area contributed by atoms with Crippen molar-refractivity contribution in [3.63, 3.8) is 0 Å². The van der Waals surface area contributed by atoms with E-state index in [0.717, 1.165) is 6.42 Å². The van der Waals surface area contributed by atoms with Crippen molar-refractivity contribution in [3.8, 4) is 11.5 Å². The second-order valence-corrected chi connectivity index (χ2v) is 4.78. The summed E-state index contributed by atoms with van der Waals surface area (Å²) in [4.78, 5) is 23.8. The van der Waals surface area contributed by atoms with Gasteiger partial charge in [-0.2, -0.15) is 0 Å². The van der Waals surface area contributed by atoms with E-state index >= 15 is 0 Å². The molecule has 0 heterocycles. The number of hydrogen-bond acceptors (Lipinski definition) is 5. The Morgan fingerprint density at radius 3 is 2.13 bits per heavy atom. The van der Waals surface area contributed by atoms with Gasteiger partial charge in [0.2, 0.25) is 0 Å². The molecule has 0 radical (unpaired) electrons. The fraction of sp³-hybridized carbons (Fsp3) is 0.222. The zero-order valence-electron chi connectivity index (χ0n) is 13.1. The van der Waals surface area contributed by atoms with Crippen molar-refractivity contribution < 1.29 is 23.8 Å². The number of esters is 2. The highest BCUT2D eigenvalue weighted by Crippen LogP contribution is 2.20. The Hall–Kier alpha value is -2.82. The van der Waals surface area contributed by atoms with Gasteiger partial charge >= 0.3 is 11.9 Å². The van der Waals surface area contributed by atoms with Gasteiger partial charge in [0.15, 0.2) is 0 Å². The summed E-state index contributed by atoms with van der Waals surface area (Å²) < 4.78 is 15.4. The molecule has 0 unspecified atom stereocenters. The standard InChI is InChI=1S/C18H18O5/c1-3-11-22-17(19)13-7-9-14(10-8-13)18(20)23-16-6-4-5-15(12-16)21-2/h4-10,12H,3,11H2,1-2H3. The van der Waals surface area contributed by atoms with Gasteiger partial charge in [0.05, 0.1) is 24.8 Å². The van der Waals surface area contributed by atoms with Crippen LogP contribution in [0.4, 0.5) is 0 Å². The first kappa shape index (κ1) is 16.5. The van der Waals surface area contributed by atoms with E-state index < -0.39 is 11.9 Å². The molecule has 0 amide bonds. The molecule has 0 bridgehead atoms. The Labute approximate surface area is 134 Å². The summed E-state index contributed by atoms with van der Waals surface area (Å²) in [5.74, 6) is 0.0800. The van der Waals surface area contributed by atoms with Crippen LogP contribution in [-0.4, -0.2) is 25.7 Å². The van der Waals surface area contributed by atoms with Crippen molar-refractivity contribution in [3.05, 3.63) is 59.7 Å². The van der Waals surface area contributed by atoms with Crippen molar-refractivity contribution in [2.24, 2.45) is 0 Å². The third-order valence-corrected chi connectivity index (χ3v) is 3.05. The van der Waals surface area contributed by atoms with Crippen LogP contribution in [0.3, 0.4) is 0 Å². The molecular weight excluding hydrogens is 296 g/mol. The third-order valence-electron chi connectivity index (χ3n) is 3.05. The highest BCUT2D eigenvalue weighted by atomic mass is 16.5. The molecule has 0 atom stereocenters. The Morgan fingerprint density at radius 1 is 0.913 bits per heavy atom. The van der Waals surface area contributed by atoms with E-state index in [-0.39, 0.29) is 0 Å². The Kier molecular flexibility index (Phi) is 5.74. The van der Waals surface area contributed by atoms with Crippen molar-refractivity contribution >= 4 is 11.9 Å². The quantitative estimate of drug-likeness (QED) is 0.603. The van der Waals surface area contributed by atoms with E-state index in [1.54, 1.807) is 36.4 Å². The molecule has 5 heteroatoms. The highest BCUT2D eigenvalue weighted by Gasteiger charge is 2.12. The molecule has 0 aliphatic heterocycles. The second-order valence-electron chi connectivity index (χ2n) is 4.78. The molecule has 120 valence electrons. The molecule has 2 aromatic carbocycles. The van der Waals surface area contributed by atoms with Gasteiger partial charge in [-0.1, -0.05) is 13.0 Å². The summed E-state index contributed by atoms with van der Waals surface area (Å²) >= 11 is 0. The fourth-order valence-corrected chi connectivity index (χ4v) is 1.85. The molecule has 0 aliphatic rings. The van der Waals surface area contributed by atoms with Crippen LogP contribution in [-0.2, 0) is 4.74 Å². The summed E-state index contributed by atoms with van der Waals surface area (Å²) in [6.45, 7) is 2.30. The molecule has 0 N–H and O–H groups in total. The molecule has 0 saturated carbocycles. The SMILES string of the molecule is CCCOC(=O)c1ccc(C(=O)Oc2cccc(OC)c2)cc1. The van der Waals surface area contributed by atoms with Crippen LogP contribution in [0.2, 0.25) is 0 Å². The fourth-order valence-electron chi connectivity index (χ4n) is 1.85. The van der Waals surface area contributed by atoms with E-state index in [0.29, 0.717) is 29.2 Å². The maximum Gasteiger partial charge on any atom is 0.343 e. The number of carbonyl (C=O) groups excluding carboxylic acids is 2. The first-order chi connectivity index (χ1) is 11.1. The monoisotopic (exact) mass is 314 g/mol. The van der Waals surface area contributed by atoms with Crippen molar-refractivity contribution in [1.82, 2.24) is 0 Å². The van der Waals surface area contributed by atoms with Crippen LogP contribution < -0.4 is 9.47 Å². The van der Waals surface area contributed by atoms with E-state index in [9.17, 15) is 9.59 Å². The summed E-state index contributed by atoms with van der Waals surface area (Å²) in [5.41, 5.74) is 0.747. The lowest BCUT2D eigenvalue weighted by atomic mass is 10.1. The van der Waals surface area contributed by atoms with Gasteiger partial charge in [-0.25, -0.2) is 9.59 Å². The zero-order valence-corrected chi connectivity index (χ0v) is 13.1. The molecular formula is C18H18O5. The smallest absolute Gasteiger partial charge is 0.343 e. The molecule has 23 heavy (non-hydrogen) atoms. The van der Waals surface area contributed by atoms with Gasteiger partial charge in [0, 0.05) is 6.07 Å². The summed E-state index contributed by atoms with van der Waals surface area (Å²) in [6, 6.07) is 12.9. The second kappa shape index (κ2) is 7.98. The first-order valence-electron chi connectivity index (χ1n) is 7.27. The molecule has 0 fully saturated rings. The Balaban J connectivity index is 2.03. The number of rotatable bonds is 6. The maximum absolute atomic E-state index is 12.1. The predicted octanol–water partition coefficient (Wildman–Crippen LogP) is 3.48. The zero-order chi connectivity index (χ0) is 16.7. The number of carbonyl (C=O) groups is 2. The van der Waals surface area contributed by atoms with Crippen molar-refractivity contribution in [1.29, 1.82) is 0 Å². The van der Waals surface area contributed by atoms with Crippen LogP contribution >= 0.6 is 0 Å². The Morgan fingerprint density at radius 2 is 1.52 bits per heavy atom. The average molecular weight is 314 g/mol. The van der Waals surface area contributed by atoms with Gasteiger partial charge in [0.25, 0.3) is 0 Å². The average Bonchev–Trinajstić information content (AvgIpc) is 2.60. The normalized spacial score (nSPS) is 10.0. The lowest BCUT2D eigenvalue weighted by Crippen LogP contribution is -2.10. The highest BCUT2D eigenvalue weighted by molar-refractivity contribution is 5.94. The largest absolute Gasteiger partial charge is 0.497 e. The lowest BCUT2D eigenvalue weighted by molar-refractivity contribution is 0.0504.